The largest absolute Gasteiger partial charge is 0.478 e. The number of allylic oxidation sites excluding steroid dienone is 4. The van der Waals surface area contributed by atoms with Gasteiger partial charge in [-0.25, -0.2) is 4.79 Å². The van der Waals surface area contributed by atoms with Crippen molar-refractivity contribution in [1.82, 2.24) is 0 Å². The zero-order valence-corrected chi connectivity index (χ0v) is 26.8. The Kier molecular flexibility index (Phi) is 8.50. The van der Waals surface area contributed by atoms with Gasteiger partial charge in [-0.05, 0) is 91.6 Å². The topological polar surface area (TPSA) is 89.9 Å². The smallest absolute Gasteiger partial charge is 0.330 e. The number of aliphatic carboxylic acids is 1. The Balaban J connectivity index is 1.70. The SMILES string of the molecule is CCC(=O)O[C@H]1CC[C@]2(C)C3=CC[C@]4(C)[C@@H]([C@H](C)CC/C=C(\C)C(=O)O)C[C@H](OC(C)=O)[C@@]4(C)C3=CC[C@H]2C1(C)C. The lowest BCUT2D eigenvalue weighted by Gasteiger charge is -2.61. The van der Waals surface area contributed by atoms with Gasteiger partial charge in [-0.1, -0.05) is 66.7 Å². The third-order valence-corrected chi connectivity index (χ3v) is 12.3. The van der Waals surface area contributed by atoms with E-state index in [1.54, 1.807) is 6.92 Å². The second kappa shape index (κ2) is 11.0. The Morgan fingerprint density at radius 2 is 1.73 bits per heavy atom. The first-order chi connectivity index (χ1) is 19.0. The minimum Gasteiger partial charge on any atom is -0.478 e. The van der Waals surface area contributed by atoms with Gasteiger partial charge in [0.25, 0.3) is 0 Å². The van der Waals surface area contributed by atoms with Gasteiger partial charge in [0.2, 0.25) is 0 Å². The average molecular weight is 569 g/mol. The van der Waals surface area contributed by atoms with Crippen molar-refractivity contribution >= 4 is 17.9 Å². The van der Waals surface area contributed by atoms with Gasteiger partial charge in [-0.15, -0.1) is 0 Å². The molecule has 0 heterocycles. The highest BCUT2D eigenvalue weighted by molar-refractivity contribution is 5.85. The molecule has 0 aromatic rings. The third kappa shape index (κ3) is 5.01. The van der Waals surface area contributed by atoms with Crippen LogP contribution in [0.5, 0.6) is 0 Å². The molecule has 2 fully saturated rings. The summed E-state index contributed by atoms with van der Waals surface area (Å²) in [6.07, 6.45) is 12.9. The van der Waals surface area contributed by atoms with Gasteiger partial charge in [0.15, 0.2) is 0 Å². The van der Waals surface area contributed by atoms with Crippen LogP contribution in [0.1, 0.15) is 114 Å². The van der Waals surface area contributed by atoms with Gasteiger partial charge in [0, 0.05) is 29.7 Å². The molecule has 2 saturated carbocycles. The fourth-order valence-electron chi connectivity index (χ4n) is 9.57. The zero-order chi connectivity index (χ0) is 30.5. The Labute approximate surface area is 247 Å². The van der Waals surface area contributed by atoms with E-state index in [0.717, 1.165) is 44.9 Å². The molecule has 0 bridgehead atoms. The first-order valence-corrected chi connectivity index (χ1v) is 15.7. The molecule has 8 atom stereocenters. The lowest BCUT2D eigenvalue weighted by Crippen LogP contribution is -2.56. The van der Waals surface area contributed by atoms with E-state index < -0.39 is 5.97 Å². The van der Waals surface area contributed by atoms with E-state index in [4.69, 9.17) is 9.47 Å². The van der Waals surface area contributed by atoms with Crippen molar-refractivity contribution in [2.45, 2.75) is 126 Å². The molecule has 0 amide bonds. The number of carbonyl (C=O) groups is 3. The summed E-state index contributed by atoms with van der Waals surface area (Å²) in [4.78, 5) is 36.0. The van der Waals surface area contributed by atoms with Crippen LogP contribution in [0, 0.1) is 39.4 Å². The molecule has 0 spiro atoms. The predicted molar refractivity (Wildman–Crippen MR) is 160 cm³/mol. The molecule has 0 aliphatic heterocycles. The molecule has 0 unspecified atom stereocenters. The summed E-state index contributed by atoms with van der Waals surface area (Å²) >= 11 is 0. The standard InChI is InChI=1S/C35H52O6/c1-10-30(37)41-28-17-18-33(7)24-16-19-34(8)26(21(2)12-11-13-22(3)31(38)39)20-29(40-23(4)36)35(34,9)25(24)14-15-27(33)32(28,5)6/h13-14,16,21,26-29H,10-12,15,17-20H2,1-9H3,(H,38,39)/b22-13+/t21-,26-,27+,28+,29+,33-,34-,35-/m1/s1. The quantitative estimate of drug-likeness (QED) is 0.237. The summed E-state index contributed by atoms with van der Waals surface area (Å²) in [6.45, 7) is 19.0. The second-order valence-corrected chi connectivity index (χ2v) is 14.6. The maximum absolute atomic E-state index is 12.4. The molecular weight excluding hydrogens is 516 g/mol. The van der Waals surface area contributed by atoms with Gasteiger partial charge < -0.3 is 14.6 Å². The monoisotopic (exact) mass is 568 g/mol. The number of ether oxygens (including phenoxy) is 2. The number of rotatable bonds is 8. The second-order valence-electron chi connectivity index (χ2n) is 14.6. The van der Waals surface area contributed by atoms with E-state index in [1.807, 2.05) is 13.0 Å². The lowest BCUT2D eigenvalue weighted by atomic mass is 9.44. The highest BCUT2D eigenvalue weighted by Gasteiger charge is 2.67. The lowest BCUT2D eigenvalue weighted by molar-refractivity contribution is -0.168. The number of hydrogen-bond donors (Lipinski definition) is 1. The summed E-state index contributed by atoms with van der Waals surface area (Å²) in [6, 6.07) is 0. The number of carboxylic acid groups (broad SMARTS) is 1. The summed E-state index contributed by atoms with van der Waals surface area (Å²) in [5, 5.41) is 9.27. The third-order valence-electron chi connectivity index (χ3n) is 12.3. The number of fused-ring (bicyclic) bond motifs is 5. The first-order valence-electron chi connectivity index (χ1n) is 15.7. The molecule has 6 nitrogen and oxygen atoms in total. The fraction of sp³-hybridized carbons (Fsp3) is 0.743. The first kappa shape index (κ1) is 31.6. The summed E-state index contributed by atoms with van der Waals surface area (Å²) in [5.41, 5.74) is 2.53. The number of hydrogen-bond acceptors (Lipinski definition) is 5. The van der Waals surface area contributed by atoms with Gasteiger partial charge in [0.1, 0.15) is 12.2 Å². The number of carboxylic acids is 1. The summed E-state index contributed by atoms with van der Waals surface area (Å²) < 4.78 is 12.2. The summed E-state index contributed by atoms with van der Waals surface area (Å²) in [5.74, 6) is -0.197. The fourth-order valence-corrected chi connectivity index (χ4v) is 9.57. The van der Waals surface area contributed by atoms with E-state index in [9.17, 15) is 19.5 Å². The molecule has 4 rings (SSSR count). The van der Waals surface area contributed by atoms with Crippen LogP contribution in [0.4, 0.5) is 0 Å². The maximum atomic E-state index is 12.4. The minimum absolute atomic E-state index is 0.0450. The van der Waals surface area contributed by atoms with E-state index in [1.165, 1.54) is 18.1 Å². The van der Waals surface area contributed by atoms with Crippen molar-refractivity contribution in [3.05, 3.63) is 34.9 Å². The molecular formula is C35H52O6. The summed E-state index contributed by atoms with van der Waals surface area (Å²) in [7, 11) is 0. The Bertz CT molecular complexity index is 1180. The van der Waals surface area contributed by atoms with E-state index in [2.05, 4.69) is 53.7 Å². The van der Waals surface area contributed by atoms with Crippen LogP contribution in [0.2, 0.25) is 0 Å². The average Bonchev–Trinajstić information content (AvgIpc) is 3.12. The van der Waals surface area contributed by atoms with Crippen molar-refractivity contribution in [3.8, 4) is 0 Å². The highest BCUT2D eigenvalue weighted by atomic mass is 16.5. The molecule has 228 valence electrons. The molecule has 0 radical (unpaired) electrons. The van der Waals surface area contributed by atoms with Crippen LogP contribution >= 0.6 is 0 Å². The molecule has 41 heavy (non-hydrogen) atoms. The van der Waals surface area contributed by atoms with Crippen molar-refractivity contribution in [1.29, 1.82) is 0 Å². The van der Waals surface area contributed by atoms with Crippen molar-refractivity contribution in [2.75, 3.05) is 0 Å². The van der Waals surface area contributed by atoms with E-state index >= 15 is 0 Å². The predicted octanol–water partition coefficient (Wildman–Crippen LogP) is 7.82. The van der Waals surface area contributed by atoms with Crippen LogP contribution in [0.15, 0.2) is 34.9 Å². The van der Waals surface area contributed by atoms with E-state index in [-0.39, 0.29) is 45.8 Å². The molecule has 0 aromatic heterocycles. The van der Waals surface area contributed by atoms with Crippen molar-refractivity contribution in [2.24, 2.45) is 39.4 Å². The van der Waals surface area contributed by atoms with Gasteiger partial charge in [-0.2, -0.15) is 0 Å². The van der Waals surface area contributed by atoms with Gasteiger partial charge in [0.05, 0.1) is 0 Å². The van der Waals surface area contributed by atoms with Crippen LogP contribution in [-0.2, 0) is 23.9 Å². The van der Waals surface area contributed by atoms with Crippen LogP contribution in [0.25, 0.3) is 0 Å². The van der Waals surface area contributed by atoms with E-state index in [0.29, 0.717) is 29.7 Å². The molecule has 4 aliphatic carbocycles. The molecule has 4 aliphatic rings. The molecule has 0 aromatic carbocycles. The molecule has 6 heteroatoms. The normalized spacial score (nSPS) is 38.4. The van der Waals surface area contributed by atoms with Crippen LogP contribution in [-0.4, -0.2) is 35.2 Å². The Hall–Kier alpha value is -2.37. The Morgan fingerprint density at radius 1 is 1.05 bits per heavy atom. The number of carbonyl (C=O) groups excluding carboxylic acids is 2. The van der Waals surface area contributed by atoms with Crippen LogP contribution < -0.4 is 0 Å². The minimum atomic E-state index is -0.866. The molecule has 0 saturated heterocycles. The maximum Gasteiger partial charge on any atom is 0.330 e. The zero-order valence-electron chi connectivity index (χ0n) is 26.8. The van der Waals surface area contributed by atoms with Crippen molar-refractivity contribution < 1.29 is 29.0 Å². The van der Waals surface area contributed by atoms with Gasteiger partial charge in [-0.3, -0.25) is 9.59 Å². The molecule has 1 N–H and O–H groups in total. The highest BCUT2D eigenvalue weighted by Crippen LogP contribution is 2.72. The van der Waals surface area contributed by atoms with Crippen LogP contribution in [0.3, 0.4) is 0 Å². The Morgan fingerprint density at radius 3 is 2.34 bits per heavy atom. The number of esters is 2. The van der Waals surface area contributed by atoms with Crippen molar-refractivity contribution in [3.63, 3.8) is 0 Å². The van der Waals surface area contributed by atoms with Gasteiger partial charge >= 0.3 is 17.9 Å².